The molecule has 29 heavy (non-hydrogen) atoms. The summed E-state index contributed by atoms with van der Waals surface area (Å²) >= 11 is 0. The van der Waals surface area contributed by atoms with E-state index in [1.165, 1.54) is 36.0 Å². The van der Waals surface area contributed by atoms with Crippen LogP contribution in [-0.4, -0.2) is 41.3 Å². The van der Waals surface area contributed by atoms with Gasteiger partial charge in [-0.3, -0.25) is 4.40 Å². The lowest BCUT2D eigenvalue weighted by atomic mass is 10.2. The highest BCUT2D eigenvalue weighted by Gasteiger charge is 2.34. The SMILES string of the molecule is CCOc1nc(N)c(F)cc1-c1cnc2cc(OC)c(S(=O)(=O)C(C)(C)C)cn12. The van der Waals surface area contributed by atoms with E-state index in [0.29, 0.717) is 23.5 Å². The second-order valence-electron chi connectivity index (χ2n) is 7.33. The number of fused-ring (bicyclic) bond motifs is 1. The number of ether oxygens (including phenoxy) is 2. The highest BCUT2D eigenvalue weighted by atomic mass is 32.2. The molecule has 0 spiro atoms. The van der Waals surface area contributed by atoms with E-state index in [0.717, 1.165) is 0 Å². The fraction of sp³-hybridized carbons (Fsp3) is 0.368. The maximum Gasteiger partial charge on any atom is 0.225 e. The van der Waals surface area contributed by atoms with Crippen molar-refractivity contribution in [3.8, 4) is 22.9 Å². The standard InChI is InChI=1S/C19H23FN4O4S/c1-6-28-18-11(7-12(20)17(21)23-18)13-9-22-16-8-14(27-5)15(10-24(13)16)29(25,26)19(2,3)4/h7-10H,6H2,1-5H3,(H2,21,23). The van der Waals surface area contributed by atoms with Gasteiger partial charge in [0.2, 0.25) is 5.88 Å². The van der Waals surface area contributed by atoms with E-state index in [4.69, 9.17) is 15.2 Å². The number of pyridine rings is 2. The van der Waals surface area contributed by atoms with E-state index in [-0.39, 0.29) is 22.3 Å². The van der Waals surface area contributed by atoms with Gasteiger partial charge < -0.3 is 15.2 Å². The lowest BCUT2D eigenvalue weighted by Crippen LogP contribution is -2.28. The van der Waals surface area contributed by atoms with Crippen LogP contribution in [0, 0.1) is 5.82 Å². The minimum absolute atomic E-state index is 0.00101. The van der Waals surface area contributed by atoms with Gasteiger partial charge in [0.1, 0.15) is 16.3 Å². The van der Waals surface area contributed by atoms with Crippen LogP contribution >= 0.6 is 0 Å². The Labute approximate surface area is 168 Å². The molecule has 3 heterocycles. The van der Waals surface area contributed by atoms with Crippen molar-refractivity contribution in [2.24, 2.45) is 0 Å². The van der Waals surface area contributed by atoms with E-state index in [1.807, 2.05) is 0 Å². The number of methoxy groups -OCH3 is 1. The quantitative estimate of drug-likeness (QED) is 0.673. The van der Waals surface area contributed by atoms with Crippen molar-refractivity contribution in [1.82, 2.24) is 14.4 Å². The fourth-order valence-electron chi connectivity index (χ4n) is 2.79. The number of anilines is 1. The number of aromatic nitrogens is 3. The molecule has 2 N–H and O–H groups in total. The maximum atomic E-state index is 14.1. The minimum atomic E-state index is -3.74. The first-order valence-corrected chi connectivity index (χ1v) is 10.4. The second-order valence-corrected chi connectivity index (χ2v) is 10.0. The Morgan fingerprint density at radius 3 is 2.55 bits per heavy atom. The van der Waals surface area contributed by atoms with Gasteiger partial charge in [-0.25, -0.2) is 17.8 Å². The largest absolute Gasteiger partial charge is 0.495 e. The molecule has 0 fully saturated rings. The lowest BCUT2D eigenvalue weighted by molar-refractivity contribution is 0.328. The molecule has 0 amide bonds. The van der Waals surface area contributed by atoms with Crippen LogP contribution in [0.5, 0.6) is 11.6 Å². The lowest BCUT2D eigenvalue weighted by Gasteiger charge is -2.21. The number of nitrogen functional groups attached to an aromatic ring is 1. The van der Waals surface area contributed by atoms with Crippen molar-refractivity contribution < 1.29 is 22.3 Å². The molecule has 3 rings (SSSR count). The van der Waals surface area contributed by atoms with Gasteiger partial charge in [-0.15, -0.1) is 0 Å². The third-order valence-electron chi connectivity index (χ3n) is 4.42. The van der Waals surface area contributed by atoms with E-state index >= 15 is 0 Å². The van der Waals surface area contributed by atoms with Crippen LogP contribution in [0.3, 0.4) is 0 Å². The summed E-state index contributed by atoms with van der Waals surface area (Å²) in [5.41, 5.74) is 6.70. The number of sulfone groups is 1. The first-order valence-electron chi connectivity index (χ1n) is 8.90. The van der Waals surface area contributed by atoms with E-state index in [1.54, 1.807) is 27.7 Å². The van der Waals surface area contributed by atoms with Crippen LogP contribution in [0.4, 0.5) is 10.2 Å². The second kappa shape index (κ2) is 7.18. The van der Waals surface area contributed by atoms with Crippen LogP contribution in [-0.2, 0) is 9.84 Å². The van der Waals surface area contributed by atoms with Gasteiger partial charge in [0.05, 0.1) is 35.9 Å². The van der Waals surface area contributed by atoms with E-state index < -0.39 is 20.4 Å². The minimum Gasteiger partial charge on any atom is -0.495 e. The molecule has 0 unspecified atom stereocenters. The van der Waals surface area contributed by atoms with Crippen LogP contribution in [0.1, 0.15) is 27.7 Å². The zero-order chi connectivity index (χ0) is 21.6. The van der Waals surface area contributed by atoms with Crippen molar-refractivity contribution in [2.45, 2.75) is 37.3 Å². The molecular formula is C19H23FN4O4S. The summed E-state index contributed by atoms with van der Waals surface area (Å²) in [6, 6.07) is 2.71. The Hall–Kier alpha value is -2.88. The number of hydrogen-bond acceptors (Lipinski definition) is 7. The molecule has 0 aliphatic carbocycles. The number of halogens is 1. The zero-order valence-corrected chi connectivity index (χ0v) is 17.7. The van der Waals surface area contributed by atoms with Crippen molar-refractivity contribution in [3.05, 3.63) is 30.3 Å². The molecule has 156 valence electrons. The van der Waals surface area contributed by atoms with E-state index in [2.05, 4.69) is 9.97 Å². The van der Waals surface area contributed by atoms with Crippen molar-refractivity contribution in [1.29, 1.82) is 0 Å². The Morgan fingerprint density at radius 2 is 1.97 bits per heavy atom. The average Bonchev–Trinajstić information content (AvgIpc) is 3.05. The molecule has 3 aromatic heterocycles. The molecule has 0 bridgehead atoms. The summed E-state index contributed by atoms with van der Waals surface area (Å²) < 4.78 is 51.6. The summed E-state index contributed by atoms with van der Waals surface area (Å²) in [7, 11) is -2.34. The summed E-state index contributed by atoms with van der Waals surface area (Å²) in [6.45, 7) is 6.87. The molecule has 3 aromatic rings. The normalized spacial score (nSPS) is 12.3. The highest BCUT2D eigenvalue weighted by molar-refractivity contribution is 7.92. The molecule has 0 aromatic carbocycles. The summed E-state index contributed by atoms with van der Waals surface area (Å²) in [5.74, 6) is -0.696. The zero-order valence-electron chi connectivity index (χ0n) is 16.9. The van der Waals surface area contributed by atoms with Crippen LogP contribution < -0.4 is 15.2 Å². The summed E-state index contributed by atoms with van der Waals surface area (Å²) in [6.07, 6.45) is 2.90. The number of nitrogens with two attached hydrogens (primary N) is 1. The van der Waals surface area contributed by atoms with Crippen LogP contribution in [0.25, 0.3) is 16.9 Å². The third-order valence-corrected chi connectivity index (χ3v) is 6.91. The van der Waals surface area contributed by atoms with Gasteiger partial charge in [0.15, 0.2) is 21.5 Å². The molecule has 0 aliphatic heterocycles. The van der Waals surface area contributed by atoms with Crippen molar-refractivity contribution in [3.63, 3.8) is 0 Å². The molecule has 0 saturated carbocycles. The molecule has 0 saturated heterocycles. The Bertz CT molecular complexity index is 1180. The molecule has 10 heteroatoms. The van der Waals surface area contributed by atoms with Crippen molar-refractivity contribution in [2.75, 3.05) is 19.5 Å². The van der Waals surface area contributed by atoms with Gasteiger partial charge in [-0.2, -0.15) is 4.98 Å². The van der Waals surface area contributed by atoms with Gasteiger partial charge >= 0.3 is 0 Å². The first kappa shape index (κ1) is 20.8. The Kier molecular flexibility index (Phi) is 5.16. The van der Waals surface area contributed by atoms with Crippen LogP contribution in [0.15, 0.2) is 29.4 Å². The highest BCUT2D eigenvalue weighted by Crippen LogP contribution is 2.36. The van der Waals surface area contributed by atoms with Crippen LogP contribution in [0.2, 0.25) is 0 Å². The Balaban J connectivity index is 2.34. The van der Waals surface area contributed by atoms with Crippen molar-refractivity contribution >= 4 is 21.3 Å². The van der Waals surface area contributed by atoms with Gasteiger partial charge in [-0.1, -0.05) is 0 Å². The first-order chi connectivity index (χ1) is 13.5. The molecule has 8 nitrogen and oxygen atoms in total. The molecular weight excluding hydrogens is 399 g/mol. The molecule has 0 radical (unpaired) electrons. The monoisotopic (exact) mass is 422 g/mol. The smallest absolute Gasteiger partial charge is 0.225 e. The topological polar surface area (TPSA) is 109 Å². The van der Waals surface area contributed by atoms with Gasteiger partial charge in [-0.05, 0) is 33.8 Å². The number of hydrogen-bond donors (Lipinski definition) is 1. The average molecular weight is 422 g/mol. The molecule has 0 aliphatic rings. The fourth-order valence-corrected chi connectivity index (χ4v) is 4.10. The predicted octanol–water partition coefficient (Wildman–Crippen LogP) is 3.10. The number of rotatable bonds is 5. The third kappa shape index (κ3) is 3.48. The summed E-state index contributed by atoms with van der Waals surface area (Å²) in [4.78, 5) is 8.26. The van der Waals surface area contributed by atoms with Gasteiger partial charge in [0, 0.05) is 12.3 Å². The Morgan fingerprint density at radius 1 is 1.28 bits per heavy atom. The number of imidazole rings is 1. The van der Waals surface area contributed by atoms with Gasteiger partial charge in [0.25, 0.3) is 0 Å². The predicted molar refractivity (Wildman–Crippen MR) is 107 cm³/mol. The van der Waals surface area contributed by atoms with E-state index in [9.17, 15) is 12.8 Å². The molecule has 0 atom stereocenters. The maximum absolute atomic E-state index is 14.1. The summed E-state index contributed by atoms with van der Waals surface area (Å²) in [5, 5.41) is 0. The number of nitrogens with zero attached hydrogens (tertiary/aromatic N) is 3.